The maximum absolute atomic E-state index is 12.5. The molecular formula is C32H39N3O4S. The van der Waals surface area contributed by atoms with Crippen LogP contribution < -0.4 is 15.2 Å². The molecule has 0 atom stereocenters. The highest BCUT2D eigenvalue weighted by atomic mass is 32.1. The average Bonchev–Trinajstić information content (AvgIpc) is 3.46. The van der Waals surface area contributed by atoms with Gasteiger partial charge in [0.25, 0.3) is 5.56 Å². The number of hydrogen-bond donors (Lipinski definition) is 0. The number of hydrogen-bond acceptors (Lipinski definition) is 7. The van der Waals surface area contributed by atoms with E-state index in [2.05, 4.69) is 46.4 Å². The van der Waals surface area contributed by atoms with Crippen LogP contribution in [0.5, 0.6) is 5.75 Å². The zero-order chi connectivity index (χ0) is 27.7. The van der Waals surface area contributed by atoms with Crippen molar-refractivity contribution in [3.05, 3.63) is 70.3 Å². The van der Waals surface area contributed by atoms with Gasteiger partial charge in [0, 0.05) is 60.5 Å². The molecule has 4 aromatic rings. The van der Waals surface area contributed by atoms with Crippen molar-refractivity contribution in [2.45, 2.75) is 52.2 Å². The molecule has 2 aromatic carbocycles. The number of rotatable bonds is 13. The van der Waals surface area contributed by atoms with Crippen molar-refractivity contribution >= 4 is 44.0 Å². The van der Waals surface area contributed by atoms with Crippen molar-refractivity contribution in [3.8, 4) is 5.75 Å². The van der Waals surface area contributed by atoms with E-state index in [1.807, 2.05) is 18.2 Å². The zero-order valence-corrected chi connectivity index (χ0v) is 24.2. The Kier molecular flexibility index (Phi) is 9.73. The van der Waals surface area contributed by atoms with Crippen LogP contribution in [0.4, 0.5) is 5.69 Å². The van der Waals surface area contributed by atoms with Crippen LogP contribution in [-0.2, 0) is 16.3 Å². The first-order chi connectivity index (χ1) is 19.6. The van der Waals surface area contributed by atoms with Gasteiger partial charge in [-0.15, -0.1) is 11.3 Å². The van der Waals surface area contributed by atoms with Crippen LogP contribution in [0, 0.1) is 0 Å². The van der Waals surface area contributed by atoms with Gasteiger partial charge in [-0.1, -0.05) is 25.8 Å². The molecule has 0 amide bonds. The Morgan fingerprint density at radius 1 is 0.950 bits per heavy atom. The summed E-state index contributed by atoms with van der Waals surface area (Å²) in [6, 6.07) is 17.9. The summed E-state index contributed by atoms with van der Waals surface area (Å²) in [6.45, 7) is 7.96. The molecule has 1 saturated heterocycles. The predicted molar refractivity (Wildman–Crippen MR) is 164 cm³/mol. The average molecular weight is 562 g/mol. The minimum atomic E-state index is -0.272. The van der Waals surface area contributed by atoms with Crippen molar-refractivity contribution in [3.63, 3.8) is 0 Å². The molecule has 0 unspecified atom stereocenters. The van der Waals surface area contributed by atoms with Crippen LogP contribution in [0.2, 0.25) is 0 Å². The smallest absolute Gasteiger partial charge is 0.307 e. The van der Waals surface area contributed by atoms with E-state index in [9.17, 15) is 9.59 Å². The van der Waals surface area contributed by atoms with Gasteiger partial charge in [-0.3, -0.25) is 19.1 Å². The Labute approximate surface area is 239 Å². The number of fused-ring (bicyclic) bond motifs is 2. The van der Waals surface area contributed by atoms with Crippen LogP contribution in [0.25, 0.3) is 21.0 Å². The Bertz CT molecular complexity index is 1470. The number of anilines is 1. The second-order valence-electron chi connectivity index (χ2n) is 10.4. The number of piperazine rings is 1. The second-order valence-corrected chi connectivity index (χ2v) is 11.4. The van der Waals surface area contributed by atoms with Crippen LogP contribution in [0.3, 0.4) is 0 Å². The summed E-state index contributed by atoms with van der Waals surface area (Å²) in [4.78, 5) is 29.7. The normalized spacial score (nSPS) is 14.2. The van der Waals surface area contributed by atoms with Crippen LogP contribution in [0.1, 0.15) is 45.4 Å². The van der Waals surface area contributed by atoms with Crippen LogP contribution in [0.15, 0.2) is 64.8 Å². The van der Waals surface area contributed by atoms with E-state index in [0.29, 0.717) is 18.5 Å². The first kappa shape index (κ1) is 28.2. The Morgan fingerprint density at radius 2 is 1.80 bits per heavy atom. The highest BCUT2D eigenvalue weighted by Crippen LogP contribution is 2.31. The Morgan fingerprint density at radius 3 is 2.65 bits per heavy atom. The maximum Gasteiger partial charge on any atom is 0.307 e. The molecule has 1 aliphatic heterocycles. The minimum absolute atomic E-state index is 0.0831. The minimum Gasteiger partial charge on any atom is -0.494 e. The van der Waals surface area contributed by atoms with Gasteiger partial charge in [-0.25, -0.2) is 0 Å². The van der Waals surface area contributed by atoms with Gasteiger partial charge >= 0.3 is 5.97 Å². The van der Waals surface area contributed by atoms with E-state index >= 15 is 0 Å². The first-order valence-corrected chi connectivity index (χ1v) is 15.4. The summed E-state index contributed by atoms with van der Waals surface area (Å²) in [5, 5.41) is 4.45. The number of pyridine rings is 1. The van der Waals surface area contributed by atoms with Crippen molar-refractivity contribution in [2.24, 2.45) is 0 Å². The summed E-state index contributed by atoms with van der Waals surface area (Å²) >= 11 is 1.81. The molecule has 1 fully saturated rings. The molecule has 7 nitrogen and oxygen atoms in total. The fourth-order valence-corrected chi connectivity index (χ4v) is 6.12. The van der Waals surface area contributed by atoms with Crippen molar-refractivity contribution in [2.75, 3.05) is 44.2 Å². The van der Waals surface area contributed by atoms with Gasteiger partial charge in [0.15, 0.2) is 6.73 Å². The molecular weight excluding hydrogens is 522 g/mol. The molecule has 40 heavy (non-hydrogen) atoms. The third kappa shape index (κ3) is 7.04. The van der Waals surface area contributed by atoms with Crippen molar-refractivity contribution < 1.29 is 14.3 Å². The van der Waals surface area contributed by atoms with Gasteiger partial charge < -0.3 is 14.4 Å². The number of esters is 1. The number of nitrogens with zero attached hydrogens (tertiary/aromatic N) is 3. The molecule has 212 valence electrons. The molecule has 0 spiro atoms. The van der Waals surface area contributed by atoms with Crippen LogP contribution >= 0.6 is 11.3 Å². The largest absolute Gasteiger partial charge is 0.494 e. The third-order valence-corrected chi connectivity index (χ3v) is 8.51. The summed E-state index contributed by atoms with van der Waals surface area (Å²) in [5.74, 6) is 0.448. The highest BCUT2D eigenvalue weighted by Gasteiger charge is 2.18. The lowest BCUT2D eigenvalue weighted by Gasteiger charge is -2.36. The van der Waals surface area contributed by atoms with E-state index in [1.54, 1.807) is 17.4 Å². The molecule has 8 heteroatoms. The molecule has 0 N–H and O–H groups in total. The molecule has 2 aromatic heterocycles. The lowest BCUT2D eigenvalue weighted by Crippen LogP contribution is -2.46. The summed E-state index contributed by atoms with van der Waals surface area (Å²) in [6.07, 6.45) is 5.26. The standard InChI is InChI=1S/C32H39N3O4S/c1-2-3-4-10-32(37)39-24-35-29-23-26(13-11-25(29)12-14-31(35)36)38-21-6-5-16-33-17-19-34(20-18-33)28-8-7-9-30-27(28)15-22-40-30/h7-9,11-15,22-23H,2-6,10,16-21,24H2,1H3. The number of carbonyl (C=O) groups excluding carboxylic acids is 1. The monoisotopic (exact) mass is 561 g/mol. The number of aromatic nitrogens is 1. The lowest BCUT2D eigenvalue weighted by molar-refractivity contribution is -0.147. The molecule has 3 heterocycles. The number of carbonyl (C=O) groups is 1. The van der Waals surface area contributed by atoms with Gasteiger partial charge in [0.2, 0.25) is 0 Å². The maximum atomic E-state index is 12.5. The summed E-state index contributed by atoms with van der Waals surface area (Å²) < 4.78 is 14.3. The van der Waals surface area contributed by atoms with E-state index in [1.165, 1.54) is 26.4 Å². The quantitative estimate of drug-likeness (QED) is 0.141. The molecule has 0 saturated carbocycles. The Hall–Kier alpha value is -3.36. The molecule has 0 aliphatic carbocycles. The highest BCUT2D eigenvalue weighted by molar-refractivity contribution is 7.17. The van der Waals surface area contributed by atoms with Gasteiger partial charge in [-0.05, 0) is 73.0 Å². The second kappa shape index (κ2) is 13.8. The zero-order valence-electron chi connectivity index (χ0n) is 23.3. The van der Waals surface area contributed by atoms with Gasteiger partial charge in [0.05, 0.1) is 12.1 Å². The van der Waals surface area contributed by atoms with Crippen molar-refractivity contribution in [1.82, 2.24) is 9.47 Å². The number of benzene rings is 2. The molecule has 5 rings (SSSR count). The lowest BCUT2D eigenvalue weighted by atomic mass is 10.2. The molecule has 1 aliphatic rings. The number of unbranched alkanes of at least 4 members (excludes halogenated alkanes) is 3. The fourth-order valence-electron chi connectivity index (χ4n) is 5.31. The summed E-state index contributed by atoms with van der Waals surface area (Å²) in [5.41, 5.74) is 1.87. The topological polar surface area (TPSA) is 64.0 Å². The molecule has 0 bridgehead atoms. The van der Waals surface area contributed by atoms with Gasteiger partial charge in [0.1, 0.15) is 5.75 Å². The number of thiophene rings is 1. The van der Waals surface area contributed by atoms with Crippen molar-refractivity contribution in [1.29, 1.82) is 0 Å². The summed E-state index contributed by atoms with van der Waals surface area (Å²) in [7, 11) is 0. The van der Waals surface area contributed by atoms with E-state index in [-0.39, 0.29) is 18.3 Å². The third-order valence-electron chi connectivity index (χ3n) is 7.63. The molecule has 0 radical (unpaired) electrons. The van der Waals surface area contributed by atoms with E-state index in [4.69, 9.17) is 9.47 Å². The Balaban J connectivity index is 1.07. The SMILES string of the molecule is CCCCCC(=O)OCn1c(=O)ccc2ccc(OCCCCN3CCN(c4cccc5sccc45)CC3)cc21. The van der Waals surface area contributed by atoms with E-state index in [0.717, 1.165) is 76.0 Å². The predicted octanol–water partition coefficient (Wildman–Crippen LogP) is 6.28. The van der Waals surface area contributed by atoms with E-state index < -0.39 is 0 Å². The fraction of sp³-hybridized carbons (Fsp3) is 0.438. The first-order valence-electron chi connectivity index (χ1n) is 14.5. The van der Waals surface area contributed by atoms with Crippen LogP contribution in [-0.4, -0.2) is 54.8 Å². The van der Waals surface area contributed by atoms with Gasteiger partial charge in [-0.2, -0.15) is 0 Å². The number of ether oxygens (including phenoxy) is 2.